The van der Waals surface area contributed by atoms with E-state index in [4.69, 9.17) is 22.1 Å². The van der Waals surface area contributed by atoms with Crippen molar-refractivity contribution in [2.75, 3.05) is 26.7 Å². The van der Waals surface area contributed by atoms with Crippen molar-refractivity contribution in [3.63, 3.8) is 0 Å². The molecule has 1 amide bonds. The fourth-order valence-corrected chi connectivity index (χ4v) is 2.25. The molecule has 1 atom stereocenters. The summed E-state index contributed by atoms with van der Waals surface area (Å²) in [5.41, 5.74) is 5.70. The predicted octanol–water partition coefficient (Wildman–Crippen LogP) is 2.80. The van der Waals surface area contributed by atoms with Gasteiger partial charge in [-0.15, -0.1) is 0 Å². The lowest BCUT2D eigenvalue weighted by Gasteiger charge is -2.24. The first-order valence-electron chi connectivity index (χ1n) is 7.27. The third-order valence-electron chi connectivity index (χ3n) is 3.27. The van der Waals surface area contributed by atoms with Crippen molar-refractivity contribution in [1.82, 2.24) is 4.90 Å². The first-order chi connectivity index (χ1) is 9.93. The van der Waals surface area contributed by atoms with Gasteiger partial charge in [-0.2, -0.15) is 0 Å². The summed E-state index contributed by atoms with van der Waals surface area (Å²) >= 11 is 5.81. The fourth-order valence-electron chi connectivity index (χ4n) is 2.12. The van der Waals surface area contributed by atoms with Gasteiger partial charge >= 0.3 is 0 Å². The van der Waals surface area contributed by atoms with Gasteiger partial charge in [0.2, 0.25) is 5.91 Å². The van der Waals surface area contributed by atoms with Crippen molar-refractivity contribution in [1.29, 1.82) is 0 Å². The van der Waals surface area contributed by atoms with Crippen LogP contribution in [0.2, 0.25) is 5.02 Å². The Hall–Kier alpha value is -1.26. The molecular formula is C16H25ClN2O2. The predicted molar refractivity (Wildman–Crippen MR) is 86.6 cm³/mol. The van der Waals surface area contributed by atoms with Crippen molar-refractivity contribution in [2.45, 2.75) is 20.3 Å². The molecular weight excluding hydrogens is 288 g/mol. The summed E-state index contributed by atoms with van der Waals surface area (Å²) in [4.78, 5) is 14.0. The molecule has 0 bridgehead atoms. The Labute approximate surface area is 132 Å². The molecule has 1 rings (SSSR count). The van der Waals surface area contributed by atoms with Crippen LogP contribution in [0.25, 0.3) is 0 Å². The molecule has 2 N–H and O–H groups in total. The lowest BCUT2D eigenvalue weighted by atomic mass is 9.96. The van der Waals surface area contributed by atoms with Crippen LogP contribution >= 0.6 is 11.6 Å². The number of nitrogens with two attached hydrogens (primary N) is 1. The van der Waals surface area contributed by atoms with Crippen molar-refractivity contribution >= 4 is 17.5 Å². The van der Waals surface area contributed by atoms with Crippen LogP contribution in [0.3, 0.4) is 0 Å². The zero-order chi connectivity index (χ0) is 15.8. The summed E-state index contributed by atoms with van der Waals surface area (Å²) < 4.78 is 5.59. The van der Waals surface area contributed by atoms with Gasteiger partial charge in [0.05, 0.1) is 12.5 Å². The van der Waals surface area contributed by atoms with E-state index in [2.05, 4.69) is 13.8 Å². The first kappa shape index (κ1) is 17.8. The van der Waals surface area contributed by atoms with Gasteiger partial charge in [-0.25, -0.2) is 0 Å². The maximum atomic E-state index is 12.3. The number of hydrogen-bond donors (Lipinski definition) is 1. The van der Waals surface area contributed by atoms with Gasteiger partial charge in [0, 0.05) is 18.6 Å². The van der Waals surface area contributed by atoms with Gasteiger partial charge in [0.25, 0.3) is 0 Å². The van der Waals surface area contributed by atoms with Crippen molar-refractivity contribution in [3.8, 4) is 5.75 Å². The topological polar surface area (TPSA) is 55.6 Å². The zero-order valence-corrected chi connectivity index (χ0v) is 13.8. The number of benzene rings is 1. The Kier molecular flexibility index (Phi) is 7.54. The second-order valence-corrected chi connectivity index (χ2v) is 6.06. The Morgan fingerprint density at radius 3 is 2.48 bits per heavy atom. The maximum absolute atomic E-state index is 12.3. The van der Waals surface area contributed by atoms with Crippen LogP contribution in [0.4, 0.5) is 0 Å². The lowest BCUT2D eigenvalue weighted by Crippen LogP contribution is -2.39. The fraction of sp³-hybridized carbons (Fsp3) is 0.562. The monoisotopic (exact) mass is 312 g/mol. The van der Waals surface area contributed by atoms with E-state index in [1.165, 1.54) is 0 Å². The lowest BCUT2D eigenvalue weighted by molar-refractivity contribution is -0.134. The van der Waals surface area contributed by atoms with Crippen LogP contribution < -0.4 is 10.5 Å². The van der Waals surface area contributed by atoms with Gasteiger partial charge in [-0.1, -0.05) is 25.4 Å². The summed E-state index contributed by atoms with van der Waals surface area (Å²) in [6.07, 6.45) is 0.817. The van der Waals surface area contributed by atoms with Gasteiger partial charge in [0.15, 0.2) is 0 Å². The molecule has 5 heteroatoms. The molecule has 0 heterocycles. The van der Waals surface area contributed by atoms with Gasteiger partial charge in [0.1, 0.15) is 12.4 Å². The van der Waals surface area contributed by atoms with Gasteiger partial charge in [-0.3, -0.25) is 4.79 Å². The molecule has 0 radical (unpaired) electrons. The number of rotatable bonds is 8. The van der Waals surface area contributed by atoms with Crippen molar-refractivity contribution in [2.24, 2.45) is 17.6 Å². The molecule has 1 aromatic rings. The Morgan fingerprint density at radius 2 is 1.95 bits per heavy atom. The van der Waals surface area contributed by atoms with E-state index < -0.39 is 0 Å². The van der Waals surface area contributed by atoms with E-state index in [1.54, 1.807) is 24.1 Å². The highest BCUT2D eigenvalue weighted by atomic mass is 35.5. The largest absolute Gasteiger partial charge is 0.492 e. The number of nitrogens with zero attached hydrogens (tertiary/aromatic N) is 1. The minimum absolute atomic E-state index is 0.0888. The third kappa shape index (κ3) is 6.36. The molecule has 0 aliphatic heterocycles. The second kappa shape index (κ2) is 8.90. The molecule has 0 saturated carbocycles. The Balaban J connectivity index is 2.39. The molecule has 21 heavy (non-hydrogen) atoms. The summed E-state index contributed by atoms with van der Waals surface area (Å²) in [5, 5.41) is 0.675. The van der Waals surface area contributed by atoms with Crippen molar-refractivity contribution in [3.05, 3.63) is 29.3 Å². The number of amides is 1. The number of halogens is 1. The Morgan fingerprint density at radius 1 is 1.33 bits per heavy atom. The van der Waals surface area contributed by atoms with Crippen LogP contribution in [-0.2, 0) is 4.79 Å². The normalized spacial score (nSPS) is 12.3. The number of carbonyl (C=O) groups is 1. The van der Waals surface area contributed by atoms with Crippen LogP contribution in [0.15, 0.2) is 24.3 Å². The van der Waals surface area contributed by atoms with E-state index in [-0.39, 0.29) is 11.8 Å². The van der Waals surface area contributed by atoms with Crippen molar-refractivity contribution < 1.29 is 9.53 Å². The minimum atomic E-state index is -0.106. The van der Waals surface area contributed by atoms with Crippen LogP contribution in [0, 0.1) is 11.8 Å². The summed E-state index contributed by atoms with van der Waals surface area (Å²) in [6.45, 7) is 5.57. The molecule has 0 spiro atoms. The second-order valence-electron chi connectivity index (χ2n) is 5.62. The van der Waals surface area contributed by atoms with E-state index in [9.17, 15) is 4.79 Å². The van der Waals surface area contributed by atoms with Crippen LogP contribution in [0.1, 0.15) is 20.3 Å². The average Bonchev–Trinajstić information content (AvgIpc) is 2.45. The van der Waals surface area contributed by atoms with Gasteiger partial charge in [-0.05, 0) is 36.6 Å². The van der Waals surface area contributed by atoms with Gasteiger partial charge < -0.3 is 15.4 Å². The summed E-state index contributed by atoms with van der Waals surface area (Å²) in [7, 11) is 1.79. The zero-order valence-electron chi connectivity index (χ0n) is 13.0. The summed E-state index contributed by atoms with van der Waals surface area (Å²) in [5.74, 6) is 1.19. The number of carbonyl (C=O) groups excluding carboxylic acids is 1. The number of ether oxygens (including phenoxy) is 1. The first-order valence-corrected chi connectivity index (χ1v) is 7.65. The number of likely N-dealkylation sites (N-methyl/N-ethyl adjacent to an activating group) is 1. The molecule has 118 valence electrons. The smallest absolute Gasteiger partial charge is 0.226 e. The summed E-state index contributed by atoms with van der Waals surface area (Å²) in [6, 6.07) is 7.18. The molecule has 0 aliphatic carbocycles. The highest BCUT2D eigenvalue weighted by molar-refractivity contribution is 6.30. The van der Waals surface area contributed by atoms with E-state index >= 15 is 0 Å². The van der Waals surface area contributed by atoms with E-state index in [0.29, 0.717) is 30.6 Å². The minimum Gasteiger partial charge on any atom is -0.492 e. The molecule has 1 unspecified atom stereocenters. The maximum Gasteiger partial charge on any atom is 0.226 e. The highest BCUT2D eigenvalue weighted by Crippen LogP contribution is 2.16. The highest BCUT2D eigenvalue weighted by Gasteiger charge is 2.21. The molecule has 1 aromatic carbocycles. The molecule has 0 aromatic heterocycles. The standard InChI is InChI=1S/C16H25ClN2O2/c1-12(2)10-13(11-18)16(20)19(3)8-9-21-15-6-4-14(17)5-7-15/h4-7,12-13H,8-11,18H2,1-3H3. The van der Waals surface area contributed by atoms with Crippen LogP contribution in [-0.4, -0.2) is 37.6 Å². The molecule has 0 aliphatic rings. The van der Waals surface area contributed by atoms with E-state index in [1.807, 2.05) is 12.1 Å². The molecule has 0 fully saturated rings. The SMILES string of the molecule is CC(C)CC(CN)C(=O)N(C)CCOc1ccc(Cl)cc1. The van der Waals surface area contributed by atoms with E-state index in [0.717, 1.165) is 12.2 Å². The third-order valence-corrected chi connectivity index (χ3v) is 3.53. The number of hydrogen-bond acceptors (Lipinski definition) is 3. The quantitative estimate of drug-likeness (QED) is 0.803. The average molecular weight is 313 g/mol. The molecule has 0 saturated heterocycles. The van der Waals surface area contributed by atoms with Crippen LogP contribution in [0.5, 0.6) is 5.75 Å². The Bertz CT molecular complexity index is 434. The molecule has 4 nitrogen and oxygen atoms in total.